The van der Waals surface area contributed by atoms with Gasteiger partial charge in [0.1, 0.15) is 0 Å². The van der Waals surface area contributed by atoms with Crippen molar-refractivity contribution < 1.29 is 0 Å². The number of rotatable bonds is 1. The van der Waals surface area contributed by atoms with Crippen LogP contribution in [0.4, 0.5) is 0 Å². The first kappa shape index (κ1) is 9.38. The Morgan fingerprint density at radius 1 is 1.36 bits per heavy atom. The molecule has 1 heterocycles. The second-order valence-electron chi connectivity index (χ2n) is 2.78. The standard InChI is InChI=1S/C8H7IN4O/c1-12-8(14)13(11-10-12)7-4-2-3-6(9)5-7/h2-5H,1H3. The van der Waals surface area contributed by atoms with Crippen LogP contribution in [0.15, 0.2) is 29.1 Å². The number of halogens is 1. The van der Waals surface area contributed by atoms with E-state index in [9.17, 15) is 4.79 Å². The number of aromatic nitrogens is 4. The molecular weight excluding hydrogens is 295 g/mol. The van der Waals surface area contributed by atoms with Gasteiger partial charge in [0, 0.05) is 10.6 Å². The molecule has 0 saturated heterocycles. The van der Waals surface area contributed by atoms with Gasteiger partial charge in [-0.1, -0.05) is 6.07 Å². The van der Waals surface area contributed by atoms with Gasteiger partial charge in [-0.15, -0.1) is 0 Å². The Labute approximate surface area is 93.5 Å². The lowest BCUT2D eigenvalue weighted by atomic mass is 10.3. The van der Waals surface area contributed by atoms with E-state index in [0.29, 0.717) is 0 Å². The molecule has 14 heavy (non-hydrogen) atoms. The van der Waals surface area contributed by atoms with E-state index in [1.807, 2.05) is 24.3 Å². The number of tetrazole rings is 1. The minimum Gasteiger partial charge on any atom is -0.244 e. The molecule has 2 aromatic rings. The predicted molar refractivity (Wildman–Crippen MR) is 59.3 cm³/mol. The van der Waals surface area contributed by atoms with Crippen LogP contribution in [-0.4, -0.2) is 19.8 Å². The molecule has 72 valence electrons. The van der Waals surface area contributed by atoms with Gasteiger partial charge in [0.2, 0.25) is 0 Å². The summed E-state index contributed by atoms with van der Waals surface area (Å²) in [6.07, 6.45) is 0. The summed E-state index contributed by atoms with van der Waals surface area (Å²) in [6, 6.07) is 7.51. The first-order valence-electron chi connectivity index (χ1n) is 3.93. The lowest BCUT2D eigenvalue weighted by molar-refractivity contribution is 0.693. The van der Waals surface area contributed by atoms with Crippen LogP contribution in [0.25, 0.3) is 5.69 Å². The van der Waals surface area contributed by atoms with Crippen LogP contribution in [0.2, 0.25) is 0 Å². The Hall–Kier alpha value is -1.18. The van der Waals surface area contributed by atoms with Crippen molar-refractivity contribution in [3.63, 3.8) is 0 Å². The number of aryl methyl sites for hydroxylation is 1. The third-order valence-corrected chi connectivity index (χ3v) is 2.45. The second-order valence-corrected chi connectivity index (χ2v) is 4.02. The van der Waals surface area contributed by atoms with E-state index in [2.05, 4.69) is 33.0 Å². The van der Waals surface area contributed by atoms with Crippen molar-refractivity contribution in [1.29, 1.82) is 0 Å². The Bertz CT molecular complexity index is 516. The summed E-state index contributed by atoms with van der Waals surface area (Å²) in [6.45, 7) is 0. The molecular formula is C8H7IN4O. The first-order valence-corrected chi connectivity index (χ1v) is 5.01. The maximum atomic E-state index is 11.5. The lowest BCUT2D eigenvalue weighted by Crippen LogP contribution is -2.21. The van der Waals surface area contributed by atoms with Crippen LogP contribution in [0.5, 0.6) is 0 Å². The van der Waals surface area contributed by atoms with E-state index in [1.54, 1.807) is 7.05 Å². The number of hydrogen-bond donors (Lipinski definition) is 0. The highest BCUT2D eigenvalue weighted by Crippen LogP contribution is 2.09. The maximum absolute atomic E-state index is 11.5. The van der Waals surface area contributed by atoms with Gasteiger partial charge in [-0.3, -0.25) is 0 Å². The smallest absolute Gasteiger partial charge is 0.244 e. The third kappa shape index (κ3) is 1.57. The molecule has 1 aromatic heterocycles. The average molecular weight is 302 g/mol. The average Bonchev–Trinajstić information content (AvgIpc) is 2.48. The van der Waals surface area contributed by atoms with E-state index >= 15 is 0 Å². The van der Waals surface area contributed by atoms with Gasteiger partial charge in [-0.2, -0.15) is 9.36 Å². The number of hydrogen-bond acceptors (Lipinski definition) is 3. The summed E-state index contributed by atoms with van der Waals surface area (Å²) in [4.78, 5) is 11.5. The van der Waals surface area contributed by atoms with Gasteiger partial charge in [0.05, 0.1) is 5.69 Å². The highest BCUT2D eigenvalue weighted by Gasteiger charge is 2.05. The number of nitrogens with zero attached hydrogens (tertiary/aromatic N) is 4. The fraction of sp³-hybridized carbons (Fsp3) is 0.125. The monoisotopic (exact) mass is 302 g/mol. The molecule has 0 amide bonds. The first-order chi connectivity index (χ1) is 6.68. The Morgan fingerprint density at radius 3 is 2.71 bits per heavy atom. The second kappa shape index (κ2) is 3.52. The summed E-state index contributed by atoms with van der Waals surface area (Å²) in [7, 11) is 1.57. The van der Waals surface area contributed by atoms with Crippen LogP contribution in [0, 0.1) is 3.57 Å². The maximum Gasteiger partial charge on any atom is 0.368 e. The molecule has 0 N–H and O–H groups in total. The van der Waals surface area contributed by atoms with Crippen LogP contribution < -0.4 is 5.69 Å². The van der Waals surface area contributed by atoms with Crippen molar-refractivity contribution in [2.24, 2.45) is 7.05 Å². The van der Waals surface area contributed by atoms with Crippen molar-refractivity contribution in [3.8, 4) is 5.69 Å². The zero-order chi connectivity index (χ0) is 10.1. The summed E-state index contributed by atoms with van der Waals surface area (Å²) in [5, 5.41) is 7.38. The van der Waals surface area contributed by atoms with E-state index in [0.717, 1.165) is 9.26 Å². The summed E-state index contributed by atoms with van der Waals surface area (Å²) in [5.41, 5.74) is 0.488. The fourth-order valence-corrected chi connectivity index (χ4v) is 1.61. The van der Waals surface area contributed by atoms with E-state index in [1.165, 1.54) is 9.36 Å². The molecule has 0 aliphatic rings. The molecule has 0 unspecified atom stereocenters. The van der Waals surface area contributed by atoms with Gasteiger partial charge in [-0.05, 0) is 51.2 Å². The molecule has 0 bridgehead atoms. The predicted octanol–water partition coefficient (Wildman–Crippen LogP) is 0.571. The molecule has 0 radical (unpaired) electrons. The third-order valence-electron chi connectivity index (χ3n) is 1.77. The van der Waals surface area contributed by atoms with E-state index < -0.39 is 0 Å². The van der Waals surface area contributed by atoms with Gasteiger partial charge >= 0.3 is 5.69 Å². The summed E-state index contributed by atoms with van der Waals surface area (Å²) in [5.74, 6) is 0. The van der Waals surface area contributed by atoms with Crippen LogP contribution in [0.3, 0.4) is 0 Å². The SMILES string of the molecule is Cn1nnn(-c2cccc(I)c2)c1=O. The van der Waals surface area contributed by atoms with Crippen molar-refractivity contribution in [3.05, 3.63) is 38.3 Å². The molecule has 1 aromatic carbocycles. The zero-order valence-electron chi connectivity index (χ0n) is 7.38. The Morgan fingerprint density at radius 2 is 2.14 bits per heavy atom. The summed E-state index contributed by atoms with van der Waals surface area (Å²) >= 11 is 2.18. The van der Waals surface area contributed by atoms with Gasteiger partial charge in [0.15, 0.2) is 0 Å². The minimum absolute atomic E-state index is 0.244. The van der Waals surface area contributed by atoms with Gasteiger partial charge < -0.3 is 0 Å². The molecule has 0 fully saturated rings. The molecule has 0 aliphatic heterocycles. The Kier molecular flexibility index (Phi) is 2.36. The fourth-order valence-electron chi connectivity index (χ4n) is 1.08. The van der Waals surface area contributed by atoms with Gasteiger partial charge in [0.25, 0.3) is 0 Å². The van der Waals surface area contributed by atoms with Crippen LogP contribution in [-0.2, 0) is 7.05 Å². The quantitative estimate of drug-likeness (QED) is 0.724. The van der Waals surface area contributed by atoms with Crippen LogP contribution >= 0.6 is 22.6 Å². The van der Waals surface area contributed by atoms with E-state index in [-0.39, 0.29) is 5.69 Å². The van der Waals surface area contributed by atoms with Crippen molar-refractivity contribution in [2.45, 2.75) is 0 Å². The molecule has 6 heteroatoms. The number of benzene rings is 1. The molecule has 0 atom stereocenters. The topological polar surface area (TPSA) is 52.7 Å². The zero-order valence-corrected chi connectivity index (χ0v) is 9.54. The molecule has 0 aliphatic carbocycles. The van der Waals surface area contributed by atoms with Crippen molar-refractivity contribution in [2.75, 3.05) is 0 Å². The minimum atomic E-state index is -0.244. The van der Waals surface area contributed by atoms with Crippen LogP contribution in [0.1, 0.15) is 0 Å². The van der Waals surface area contributed by atoms with E-state index in [4.69, 9.17) is 0 Å². The summed E-state index contributed by atoms with van der Waals surface area (Å²) < 4.78 is 3.51. The molecule has 0 saturated carbocycles. The highest BCUT2D eigenvalue weighted by molar-refractivity contribution is 14.1. The Balaban J connectivity index is 2.60. The highest BCUT2D eigenvalue weighted by atomic mass is 127. The van der Waals surface area contributed by atoms with Gasteiger partial charge in [-0.25, -0.2) is 4.79 Å². The largest absolute Gasteiger partial charge is 0.368 e. The lowest BCUT2D eigenvalue weighted by Gasteiger charge is -1.97. The van der Waals surface area contributed by atoms with Crippen molar-refractivity contribution >= 4 is 22.6 Å². The molecule has 2 rings (SSSR count). The normalized spacial score (nSPS) is 10.4. The molecule has 5 nitrogen and oxygen atoms in total. The van der Waals surface area contributed by atoms with Crippen molar-refractivity contribution in [1.82, 2.24) is 19.8 Å². The molecule has 0 spiro atoms.